The first-order valence-electron chi connectivity index (χ1n) is 6.90. The molecule has 0 unspecified atom stereocenters. The van der Waals surface area contributed by atoms with Crippen LogP contribution in [-0.2, 0) is 4.74 Å². The highest BCUT2D eigenvalue weighted by Gasteiger charge is 2.13. The Morgan fingerprint density at radius 1 is 0.850 bits per heavy atom. The monoisotopic (exact) mass is 289 g/mol. The van der Waals surface area contributed by atoms with E-state index in [0.717, 1.165) is 13.1 Å². The zero-order valence-electron chi connectivity index (χ0n) is 11.5. The molecule has 0 aliphatic heterocycles. The molecule has 3 heteroatoms. The predicted octanol–water partition coefficient (Wildman–Crippen LogP) is 3.62. The van der Waals surface area contributed by atoms with Gasteiger partial charge in [0, 0.05) is 19.0 Å². The summed E-state index contributed by atoms with van der Waals surface area (Å²) >= 11 is 5.63. The van der Waals surface area contributed by atoms with E-state index in [1.54, 1.807) is 0 Å². The Balaban J connectivity index is 2.02. The minimum atomic E-state index is -0.0183. The molecule has 0 bridgehead atoms. The van der Waals surface area contributed by atoms with Crippen molar-refractivity contribution in [2.24, 2.45) is 0 Å². The van der Waals surface area contributed by atoms with Gasteiger partial charge in [0.05, 0.1) is 6.61 Å². The van der Waals surface area contributed by atoms with Crippen molar-refractivity contribution in [3.63, 3.8) is 0 Å². The number of ether oxygens (including phenoxy) is 1. The van der Waals surface area contributed by atoms with Crippen LogP contribution in [0.3, 0.4) is 0 Å². The van der Waals surface area contributed by atoms with Crippen LogP contribution < -0.4 is 5.32 Å². The number of benzene rings is 2. The van der Waals surface area contributed by atoms with Crippen LogP contribution in [0, 0.1) is 0 Å². The minimum Gasteiger partial charge on any atom is -0.367 e. The average Bonchev–Trinajstić information content (AvgIpc) is 2.53. The molecule has 0 amide bonds. The lowest BCUT2D eigenvalue weighted by Crippen LogP contribution is -2.23. The summed E-state index contributed by atoms with van der Waals surface area (Å²) in [5, 5.41) is 3.24. The van der Waals surface area contributed by atoms with E-state index in [0.29, 0.717) is 12.5 Å². The van der Waals surface area contributed by atoms with E-state index < -0.39 is 0 Å². The van der Waals surface area contributed by atoms with E-state index in [9.17, 15) is 0 Å². The quantitative estimate of drug-likeness (QED) is 0.592. The van der Waals surface area contributed by atoms with Gasteiger partial charge in [-0.2, -0.15) is 0 Å². The third-order valence-electron chi connectivity index (χ3n) is 3.04. The van der Waals surface area contributed by atoms with Crippen LogP contribution >= 0.6 is 11.6 Å². The second kappa shape index (κ2) is 8.75. The first-order valence-corrected chi connectivity index (χ1v) is 7.43. The van der Waals surface area contributed by atoms with Gasteiger partial charge in [0.2, 0.25) is 0 Å². The molecule has 0 saturated heterocycles. The molecule has 0 aliphatic carbocycles. The predicted molar refractivity (Wildman–Crippen MR) is 84.3 cm³/mol. The molecule has 0 heterocycles. The van der Waals surface area contributed by atoms with Crippen LogP contribution in [0.2, 0.25) is 0 Å². The van der Waals surface area contributed by atoms with Crippen LogP contribution in [0.4, 0.5) is 0 Å². The molecule has 0 atom stereocenters. The third kappa shape index (κ3) is 4.64. The molecule has 2 aromatic rings. The molecule has 2 rings (SSSR count). The van der Waals surface area contributed by atoms with E-state index in [4.69, 9.17) is 16.3 Å². The second-order valence-corrected chi connectivity index (χ2v) is 4.89. The summed E-state index contributed by atoms with van der Waals surface area (Å²) in [5.74, 6) is 0.626. The lowest BCUT2D eigenvalue weighted by Gasteiger charge is -2.19. The van der Waals surface area contributed by atoms with Crippen molar-refractivity contribution in [2.45, 2.75) is 6.10 Å². The Morgan fingerprint density at radius 2 is 1.40 bits per heavy atom. The summed E-state index contributed by atoms with van der Waals surface area (Å²) in [7, 11) is 0. The summed E-state index contributed by atoms with van der Waals surface area (Å²) in [6.45, 7) is 2.28. The topological polar surface area (TPSA) is 21.3 Å². The lowest BCUT2D eigenvalue weighted by molar-refractivity contribution is 0.0824. The summed E-state index contributed by atoms with van der Waals surface area (Å²) in [4.78, 5) is 0. The number of alkyl halides is 1. The van der Waals surface area contributed by atoms with Crippen molar-refractivity contribution >= 4 is 11.6 Å². The first kappa shape index (κ1) is 15.0. The second-order valence-electron chi connectivity index (χ2n) is 4.51. The molecule has 0 spiro atoms. The maximum absolute atomic E-state index is 6.06. The highest BCUT2D eigenvalue weighted by Crippen LogP contribution is 2.25. The lowest BCUT2D eigenvalue weighted by atomic mass is 10.0. The highest BCUT2D eigenvalue weighted by molar-refractivity contribution is 6.18. The van der Waals surface area contributed by atoms with Crippen LogP contribution in [0.25, 0.3) is 0 Å². The SMILES string of the molecule is ClCCNCCOC(c1ccccc1)c1ccccc1. The average molecular weight is 290 g/mol. The van der Waals surface area contributed by atoms with E-state index >= 15 is 0 Å². The molecule has 0 aliphatic rings. The molecule has 20 heavy (non-hydrogen) atoms. The van der Waals surface area contributed by atoms with Gasteiger partial charge in [0.15, 0.2) is 0 Å². The molecule has 106 valence electrons. The number of hydrogen-bond donors (Lipinski definition) is 1. The van der Waals surface area contributed by atoms with Crippen molar-refractivity contribution in [1.29, 1.82) is 0 Å². The number of halogens is 1. The summed E-state index contributed by atoms with van der Waals surface area (Å²) in [6.07, 6.45) is -0.0183. The van der Waals surface area contributed by atoms with Crippen molar-refractivity contribution < 1.29 is 4.74 Å². The highest BCUT2D eigenvalue weighted by atomic mass is 35.5. The van der Waals surface area contributed by atoms with E-state index in [2.05, 4.69) is 29.6 Å². The fourth-order valence-corrected chi connectivity index (χ4v) is 2.21. The largest absolute Gasteiger partial charge is 0.367 e. The molecule has 0 fully saturated rings. The van der Waals surface area contributed by atoms with Crippen LogP contribution in [0.15, 0.2) is 60.7 Å². The standard InChI is InChI=1S/C17H20ClNO/c18-11-12-19-13-14-20-17(15-7-3-1-4-8-15)16-9-5-2-6-10-16/h1-10,17,19H,11-14H2. The van der Waals surface area contributed by atoms with Gasteiger partial charge in [-0.05, 0) is 11.1 Å². The summed E-state index contributed by atoms with van der Waals surface area (Å²) in [6, 6.07) is 20.6. The molecule has 0 saturated carbocycles. The number of hydrogen-bond acceptors (Lipinski definition) is 2. The van der Waals surface area contributed by atoms with Gasteiger partial charge >= 0.3 is 0 Å². The number of nitrogens with one attached hydrogen (secondary N) is 1. The van der Waals surface area contributed by atoms with E-state index in [1.807, 2.05) is 36.4 Å². The molecule has 0 radical (unpaired) electrons. The van der Waals surface area contributed by atoms with Gasteiger partial charge in [-0.1, -0.05) is 60.7 Å². The van der Waals surface area contributed by atoms with Gasteiger partial charge in [-0.3, -0.25) is 0 Å². The van der Waals surface area contributed by atoms with Crippen molar-refractivity contribution in [3.05, 3.63) is 71.8 Å². The normalized spacial score (nSPS) is 10.9. The zero-order valence-corrected chi connectivity index (χ0v) is 12.2. The van der Waals surface area contributed by atoms with E-state index in [1.165, 1.54) is 11.1 Å². The first-order chi connectivity index (χ1) is 9.92. The smallest absolute Gasteiger partial charge is 0.108 e. The van der Waals surface area contributed by atoms with Crippen molar-refractivity contribution in [2.75, 3.05) is 25.6 Å². The molecular weight excluding hydrogens is 270 g/mol. The number of rotatable bonds is 8. The van der Waals surface area contributed by atoms with Crippen LogP contribution in [0.5, 0.6) is 0 Å². The molecular formula is C17H20ClNO. The van der Waals surface area contributed by atoms with Gasteiger partial charge in [0.1, 0.15) is 6.10 Å². The molecule has 2 aromatic carbocycles. The van der Waals surface area contributed by atoms with Crippen molar-refractivity contribution in [1.82, 2.24) is 5.32 Å². The summed E-state index contributed by atoms with van der Waals surface area (Å²) in [5.41, 5.74) is 2.35. The molecule has 0 aromatic heterocycles. The molecule has 1 N–H and O–H groups in total. The third-order valence-corrected chi connectivity index (χ3v) is 3.23. The van der Waals surface area contributed by atoms with Gasteiger partial charge in [0.25, 0.3) is 0 Å². The van der Waals surface area contributed by atoms with Gasteiger partial charge in [-0.15, -0.1) is 11.6 Å². The van der Waals surface area contributed by atoms with Crippen LogP contribution in [0.1, 0.15) is 17.2 Å². The zero-order chi connectivity index (χ0) is 14.0. The fraction of sp³-hybridized carbons (Fsp3) is 0.294. The Labute approximate surface area is 125 Å². The Morgan fingerprint density at radius 3 is 1.90 bits per heavy atom. The van der Waals surface area contributed by atoms with Crippen molar-refractivity contribution in [3.8, 4) is 0 Å². The Kier molecular flexibility index (Phi) is 6.58. The Hall–Kier alpha value is -1.35. The minimum absolute atomic E-state index is 0.0183. The maximum atomic E-state index is 6.06. The van der Waals surface area contributed by atoms with Gasteiger partial charge < -0.3 is 10.1 Å². The maximum Gasteiger partial charge on any atom is 0.108 e. The Bertz CT molecular complexity index is 435. The fourth-order valence-electron chi connectivity index (χ4n) is 2.08. The van der Waals surface area contributed by atoms with Crippen LogP contribution in [-0.4, -0.2) is 25.6 Å². The summed E-state index contributed by atoms with van der Waals surface area (Å²) < 4.78 is 6.06. The van der Waals surface area contributed by atoms with Gasteiger partial charge in [-0.25, -0.2) is 0 Å². The molecule has 2 nitrogen and oxygen atoms in total. The van der Waals surface area contributed by atoms with E-state index in [-0.39, 0.29) is 6.10 Å².